The summed E-state index contributed by atoms with van der Waals surface area (Å²) in [4.78, 5) is 0. The highest BCUT2D eigenvalue weighted by Crippen LogP contribution is 2.32. The fourth-order valence-corrected chi connectivity index (χ4v) is 5.21. The van der Waals surface area contributed by atoms with Crippen molar-refractivity contribution >= 4 is 10.8 Å². The highest BCUT2D eigenvalue weighted by Gasteiger charge is 2.48. The largest absolute Gasteiger partial charge is 0.374 e. The zero-order valence-corrected chi connectivity index (χ0v) is 21.1. The van der Waals surface area contributed by atoms with Crippen LogP contribution in [-0.2, 0) is 50.1 Å². The molecule has 2 unspecified atom stereocenters. The second-order valence-electron chi connectivity index (χ2n) is 9.85. The monoisotopic (exact) mass is 512 g/mol. The number of aliphatic hydroxyl groups excluding tert-OH is 1. The van der Waals surface area contributed by atoms with Crippen LogP contribution in [0.5, 0.6) is 0 Å². The van der Waals surface area contributed by atoms with Crippen molar-refractivity contribution in [1.29, 1.82) is 0 Å². The van der Waals surface area contributed by atoms with Crippen LogP contribution in [-0.4, -0.2) is 42.4 Å². The molecule has 6 nitrogen and oxygen atoms in total. The molecule has 4 aromatic carbocycles. The molecule has 0 radical (unpaired) electrons. The van der Waals surface area contributed by atoms with E-state index in [0.717, 1.165) is 33.0 Å². The summed E-state index contributed by atoms with van der Waals surface area (Å²) in [5, 5.41) is 13.3. The third-order valence-electron chi connectivity index (χ3n) is 7.22. The fourth-order valence-electron chi connectivity index (χ4n) is 5.21. The van der Waals surface area contributed by atoms with Gasteiger partial charge in [-0.2, -0.15) is 0 Å². The van der Waals surface area contributed by atoms with Gasteiger partial charge in [0.15, 0.2) is 6.29 Å². The van der Waals surface area contributed by atoms with E-state index >= 15 is 0 Å². The summed E-state index contributed by atoms with van der Waals surface area (Å²) in [5.74, 6) is 0. The van der Waals surface area contributed by atoms with E-state index in [9.17, 15) is 5.11 Å². The smallest absolute Gasteiger partial charge is 0.184 e. The van der Waals surface area contributed by atoms with Gasteiger partial charge in [0.1, 0.15) is 24.4 Å². The molecule has 0 aromatic heterocycles. The van der Waals surface area contributed by atoms with Crippen molar-refractivity contribution in [2.45, 2.75) is 57.1 Å². The predicted octanol–water partition coefficient (Wildman–Crippen LogP) is 5.14. The van der Waals surface area contributed by atoms with Gasteiger partial charge in [-0.25, -0.2) is 0 Å². The first-order valence-electron chi connectivity index (χ1n) is 13.1. The minimum absolute atomic E-state index is 0.258. The first-order chi connectivity index (χ1) is 18.7. The van der Waals surface area contributed by atoms with Gasteiger partial charge in [0, 0.05) is 0 Å². The van der Waals surface area contributed by atoms with Crippen LogP contribution in [0.4, 0.5) is 0 Å². The highest BCUT2D eigenvalue weighted by molar-refractivity contribution is 5.84. The van der Waals surface area contributed by atoms with Gasteiger partial charge in [-0.15, -0.1) is 0 Å². The molecule has 0 amide bonds. The molecule has 1 N–H and O–H groups in total. The number of aliphatic hydroxyl groups is 1. The lowest BCUT2D eigenvalue weighted by molar-refractivity contribution is -0.318. The van der Waals surface area contributed by atoms with E-state index in [1.807, 2.05) is 72.8 Å². The summed E-state index contributed by atoms with van der Waals surface area (Å²) in [5.41, 5.74) is 4.17. The van der Waals surface area contributed by atoms with E-state index in [1.165, 1.54) is 0 Å². The number of hydrogen-bond acceptors (Lipinski definition) is 6. The lowest BCUT2D eigenvalue weighted by Crippen LogP contribution is -2.61. The molecule has 0 aliphatic carbocycles. The summed E-state index contributed by atoms with van der Waals surface area (Å²) < 4.78 is 31.5. The van der Waals surface area contributed by atoms with Gasteiger partial charge in [0.05, 0.1) is 33.0 Å². The van der Waals surface area contributed by atoms with Gasteiger partial charge in [0.2, 0.25) is 0 Å². The van der Waals surface area contributed by atoms with E-state index in [0.29, 0.717) is 26.4 Å². The van der Waals surface area contributed by atoms with Gasteiger partial charge in [-0.3, -0.25) is 0 Å². The minimum atomic E-state index is -1.18. The molecule has 2 bridgehead atoms. The van der Waals surface area contributed by atoms with Crippen LogP contribution in [0.2, 0.25) is 0 Å². The Bertz CT molecular complexity index is 1330. The van der Waals surface area contributed by atoms with Crippen LogP contribution in [0.3, 0.4) is 0 Å². The number of benzene rings is 4. The third-order valence-corrected chi connectivity index (χ3v) is 7.22. The van der Waals surface area contributed by atoms with Crippen LogP contribution in [0.25, 0.3) is 10.8 Å². The van der Waals surface area contributed by atoms with Crippen LogP contribution < -0.4 is 0 Å². The maximum atomic E-state index is 11.0. The molecule has 4 aromatic rings. The molecule has 1 saturated heterocycles. The van der Waals surface area contributed by atoms with E-state index in [-0.39, 0.29) is 6.61 Å². The Kier molecular flexibility index (Phi) is 7.79. The number of rotatable bonds is 6. The first kappa shape index (κ1) is 25.2. The standard InChI is InChI=1S/C32H32O6/c33-32-31(36-18-23-11-5-2-6-12-23)30-29(35-17-22-9-3-1-4-10-22)28(38-32)21-34-19-26-15-24-13-7-8-14-25(24)16-27(26)20-37-30/h1-16,28-33H,17-21H2/t28?,29-,30?,31-,32+/m0/s1. The first-order valence-corrected chi connectivity index (χ1v) is 13.1. The molecular weight excluding hydrogens is 480 g/mol. The summed E-state index contributed by atoms with van der Waals surface area (Å²) in [7, 11) is 0. The van der Waals surface area contributed by atoms with Crippen molar-refractivity contribution in [2.75, 3.05) is 6.61 Å². The Labute approximate surface area is 222 Å². The Morgan fingerprint density at radius 3 is 1.87 bits per heavy atom. The molecule has 2 aliphatic heterocycles. The lowest BCUT2D eigenvalue weighted by Gasteiger charge is -2.44. The SMILES string of the molecule is O[C@@H]1OC2COCc3cc4ccccc4cc3COC([C@H]2OCc2ccccc2)[C@@H]1OCc1ccccc1. The molecule has 6 rings (SSSR count). The van der Waals surface area contributed by atoms with Crippen molar-refractivity contribution in [3.63, 3.8) is 0 Å². The number of hydrogen-bond donors (Lipinski definition) is 1. The summed E-state index contributed by atoms with van der Waals surface area (Å²) in [6.07, 6.45) is -3.50. The van der Waals surface area contributed by atoms with E-state index in [1.54, 1.807) is 0 Å². The predicted molar refractivity (Wildman–Crippen MR) is 143 cm³/mol. The Balaban J connectivity index is 1.30. The summed E-state index contributed by atoms with van der Waals surface area (Å²) in [6, 6.07) is 32.5. The minimum Gasteiger partial charge on any atom is -0.374 e. The van der Waals surface area contributed by atoms with Crippen LogP contribution in [0, 0.1) is 0 Å². The van der Waals surface area contributed by atoms with Gasteiger partial charge in [-0.1, -0.05) is 84.9 Å². The Morgan fingerprint density at radius 1 is 0.684 bits per heavy atom. The van der Waals surface area contributed by atoms with E-state index < -0.39 is 30.7 Å². The van der Waals surface area contributed by atoms with Crippen LogP contribution in [0.1, 0.15) is 22.3 Å². The highest BCUT2D eigenvalue weighted by atomic mass is 16.7. The molecule has 38 heavy (non-hydrogen) atoms. The van der Waals surface area contributed by atoms with Gasteiger partial charge >= 0.3 is 0 Å². The van der Waals surface area contributed by atoms with E-state index in [2.05, 4.69) is 24.3 Å². The molecular formula is C32H32O6. The molecule has 5 atom stereocenters. The molecule has 2 heterocycles. The van der Waals surface area contributed by atoms with Gasteiger partial charge in [-0.05, 0) is 45.2 Å². The molecule has 2 aliphatic rings. The fraction of sp³-hybridized carbons (Fsp3) is 0.312. The van der Waals surface area contributed by atoms with Crippen molar-refractivity contribution in [3.8, 4) is 0 Å². The normalized spacial score (nSPS) is 25.6. The number of ether oxygens (including phenoxy) is 5. The molecule has 1 fully saturated rings. The average molecular weight is 513 g/mol. The maximum Gasteiger partial charge on any atom is 0.184 e. The van der Waals surface area contributed by atoms with Crippen molar-refractivity contribution in [3.05, 3.63) is 119 Å². The Morgan fingerprint density at radius 2 is 1.24 bits per heavy atom. The zero-order valence-electron chi connectivity index (χ0n) is 21.1. The van der Waals surface area contributed by atoms with Crippen molar-refractivity contribution in [1.82, 2.24) is 0 Å². The van der Waals surface area contributed by atoms with Crippen molar-refractivity contribution in [2.24, 2.45) is 0 Å². The maximum absolute atomic E-state index is 11.0. The quantitative estimate of drug-likeness (QED) is 0.386. The summed E-state index contributed by atoms with van der Waals surface area (Å²) >= 11 is 0. The topological polar surface area (TPSA) is 66.4 Å². The van der Waals surface area contributed by atoms with Gasteiger partial charge < -0.3 is 28.8 Å². The molecule has 6 heteroatoms. The van der Waals surface area contributed by atoms with E-state index in [4.69, 9.17) is 23.7 Å². The van der Waals surface area contributed by atoms with Gasteiger partial charge in [0.25, 0.3) is 0 Å². The second-order valence-corrected chi connectivity index (χ2v) is 9.85. The number of fused-ring (bicyclic) bond motifs is 4. The third kappa shape index (κ3) is 5.66. The lowest BCUT2D eigenvalue weighted by atomic mass is 9.97. The average Bonchev–Trinajstić information content (AvgIpc) is 2.95. The summed E-state index contributed by atoms with van der Waals surface area (Å²) in [6.45, 7) is 1.72. The zero-order chi connectivity index (χ0) is 25.7. The van der Waals surface area contributed by atoms with Crippen LogP contribution >= 0.6 is 0 Å². The second kappa shape index (κ2) is 11.7. The van der Waals surface area contributed by atoms with Crippen LogP contribution in [0.15, 0.2) is 97.1 Å². The Hall–Kier alpha value is -3.10. The molecule has 0 saturated carbocycles. The van der Waals surface area contributed by atoms with Crippen molar-refractivity contribution < 1.29 is 28.8 Å². The molecule has 196 valence electrons. The molecule has 0 spiro atoms.